The summed E-state index contributed by atoms with van der Waals surface area (Å²) in [6, 6.07) is -0.605. The average molecular weight is 292 g/mol. The van der Waals surface area contributed by atoms with Crippen molar-refractivity contribution in [1.82, 2.24) is 10.2 Å². The van der Waals surface area contributed by atoms with E-state index in [0.717, 1.165) is 19.3 Å². The van der Waals surface area contributed by atoms with Gasteiger partial charge in [0.15, 0.2) is 0 Å². The zero-order valence-electron chi connectivity index (χ0n) is 11.9. The summed E-state index contributed by atoms with van der Waals surface area (Å²) in [6.07, 6.45) is 10.9. The number of nitrogens with one attached hydrogen (secondary N) is 1. The lowest BCUT2D eigenvalue weighted by Gasteiger charge is -2.23. The van der Waals surface area contributed by atoms with Crippen LogP contribution in [0, 0.1) is 0 Å². The van der Waals surface area contributed by atoms with Gasteiger partial charge in [0.05, 0.1) is 6.10 Å². The van der Waals surface area contributed by atoms with Crippen molar-refractivity contribution in [2.45, 2.75) is 37.8 Å². The van der Waals surface area contributed by atoms with E-state index in [-0.39, 0.29) is 24.5 Å². The largest absolute Gasteiger partial charge is 0.364 e. The molecule has 21 heavy (non-hydrogen) atoms. The van der Waals surface area contributed by atoms with Crippen LogP contribution in [0.4, 0.5) is 0 Å². The van der Waals surface area contributed by atoms with Crippen LogP contribution in [-0.4, -0.2) is 48.4 Å². The molecule has 1 unspecified atom stereocenters. The van der Waals surface area contributed by atoms with E-state index in [9.17, 15) is 14.4 Å². The van der Waals surface area contributed by atoms with E-state index >= 15 is 0 Å². The Morgan fingerprint density at radius 1 is 1.43 bits per heavy atom. The number of allylic oxidation sites excluding steroid dienone is 2. The molecule has 0 aromatic heterocycles. The number of carbonyl (C=O) groups excluding carboxylic acids is 3. The molecule has 3 amide bonds. The van der Waals surface area contributed by atoms with Gasteiger partial charge in [-0.1, -0.05) is 24.3 Å². The highest BCUT2D eigenvalue weighted by atomic mass is 16.5. The molecular formula is C15H20N2O4. The zero-order valence-corrected chi connectivity index (χ0v) is 11.9. The fourth-order valence-corrected chi connectivity index (χ4v) is 2.46. The van der Waals surface area contributed by atoms with Crippen LogP contribution in [-0.2, 0) is 19.1 Å². The Kier molecular flexibility index (Phi) is 5.68. The van der Waals surface area contributed by atoms with Crippen molar-refractivity contribution in [3.63, 3.8) is 0 Å². The molecule has 1 aliphatic heterocycles. The Bertz CT molecular complexity index is 459. The quantitative estimate of drug-likeness (QED) is 0.751. The standard InChI is InChI=1S/C15H20N2O4/c18-11-16-13-8-4-5-9-17(15(13)20)14(19)10-21-12-6-2-1-3-7-12/h1-3,6,11-13H,4-5,7-10H2,(H,16,18)/t12?,13-/m0/s1. The molecule has 0 radical (unpaired) electrons. The second-order valence-corrected chi connectivity index (χ2v) is 5.11. The number of ether oxygens (including phenoxy) is 1. The van der Waals surface area contributed by atoms with Crippen molar-refractivity contribution in [1.29, 1.82) is 0 Å². The van der Waals surface area contributed by atoms with Crippen molar-refractivity contribution in [3.8, 4) is 0 Å². The minimum absolute atomic E-state index is 0.120. The van der Waals surface area contributed by atoms with Crippen LogP contribution in [0.2, 0.25) is 0 Å². The van der Waals surface area contributed by atoms with Gasteiger partial charge >= 0.3 is 0 Å². The third-order valence-electron chi connectivity index (χ3n) is 3.62. The van der Waals surface area contributed by atoms with Gasteiger partial charge in [-0.25, -0.2) is 0 Å². The highest BCUT2D eigenvalue weighted by Crippen LogP contribution is 2.13. The highest BCUT2D eigenvalue weighted by molar-refractivity contribution is 5.99. The van der Waals surface area contributed by atoms with Gasteiger partial charge in [-0.15, -0.1) is 0 Å². The molecule has 1 saturated heterocycles. The Labute approximate surface area is 123 Å². The lowest BCUT2D eigenvalue weighted by molar-refractivity contribution is -0.149. The van der Waals surface area contributed by atoms with Gasteiger partial charge in [0.2, 0.25) is 6.41 Å². The summed E-state index contributed by atoms with van der Waals surface area (Å²) in [6.45, 7) is 0.265. The van der Waals surface area contributed by atoms with Crippen molar-refractivity contribution < 1.29 is 19.1 Å². The first-order chi connectivity index (χ1) is 10.2. The maximum Gasteiger partial charge on any atom is 0.255 e. The van der Waals surface area contributed by atoms with Gasteiger partial charge in [-0.2, -0.15) is 0 Å². The summed E-state index contributed by atoms with van der Waals surface area (Å²) in [5, 5.41) is 2.48. The van der Waals surface area contributed by atoms with Gasteiger partial charge in [-0.3, -0.25) is 19.3 Å². The minimum atomic E-state index is -0.605. The molecule has 6 heteroatoms. The monoisotopic (exact) mass is 292 g/mol. The summed E-state index contributed by atoms with van der Waals surface area (Å²) < 4.78 is 5.51. The molecule has 114 valence electrons. The number of hydrogen-bond acceptors (Lipinski definition) is 4. The Hall–Kier alpha value is -1.95. The molecule has 1 fully saturated rings. The first-order valence-corrected chi connectivity index (χ1v) is 7.21. The van der Waals surface area contributed by atoms with Crippen LogP contribution >= 0.6 is 0 Å². The molecule has 0 aromatic rings. The molecular weight excluding hydrogens is 272 g/mol. The molecule has 2 rings (SSSR count). The molecule has 1 aliphatic carbocycles. The van der Waals surface area contributed by atoms with Crippen molar-refractivity contribution in [3.05, 3.63) is 24.3 Å². The average Bonchev–Trinajstić information content (AvgIpc) is 2.69. The van der Waals surface area contributed by atoms with Gasteiger partial charge in [0.1, 0.15) is 12.6 Å². The SMILES string of the molecule is O=CN[C@H]1CCCCN(C(=O)COC2C=CC=CC2)C1=O. The van der Waals surface area contributed by atoms with Crippen molar-refractivity contribution in [2.75, 3.05) is 13.2 Å². The molecule has 1 N–H and O–H groups in total. The number of carbonyl (C=O) groups is 3. The first kappa shape index (κ1) is 15.4. The first-order valence-electron chi connectivity index (χ1n) is 7.21. The van der Waals surface area contributed by atoms with Gasteiger partial charge in [0.25, 0.3) is 11.8 Å². The van der Waals surface area contributed by atoms with Crippen LogP contribution in [0.25, 0.3) is 0 Å². The molecule has 0 aromatic carbocycles. The number of imide groups is 1. The van der Waals surface area contributed by atoms with E-state index in [1.807, 2.05) is 24.3 Å². The summed E-state index contributed by atoms with van der Waals surface area (Å²) in [5.41, 5.74) is 0. The smallest absolute Gasteiger partial charge is 0.255 e. The topological polar surface area (TPSA) is 75.7 Å². The van der Waals surface area contributed by atoms with Crippen LogP contribution in [0.3, 0.4) is 0 Å². The fourth-order valence-electron chi connectivity index (χ4n) is 2.46. The van der Waals surface area contributed by atoms with E-state index in [1.54, 1.807) is 0 Å². The molecule has 1 heterocycles. The van der Waals surface area contributed by atoms with E-state index in [4.69, 9.17) is 4.74 Å². The Morgan fingerprint density at radius 2 is 2.29 bits per heavy atom. The zero-order chi connectivity index (χ0) is 15.1. The second kappa shape index (κ2) is 7.73. The molecule has 0 spiro atoms. The van der Waals surface area contributed by atoms with Gasteiger partial charge in [0, 0.05) is 6.54 Å². The molecule has 6 nitrogen and oxygen atoms in total. The van der Waals surface area contributed by atoms with Crippen LogP contribution in [0.15, 0.2) is 24.3 Å². The maximum atomic E-state index is 12.2. The minimum Gasteiger partial charge on any atom is -0.364 e. The Morgan fingerprint density at radius 3 is 3.00 bits per heavy atom. The number of rotatable bonds is 5. The highest BCUT2D eigenvalue weighted by Gasteiger charge is 2.30. The lowest BCUT2D eigenvalue weighted by atomic mass is 10.1. The third kappa shape index (κ3) is 4.26. The molecule has 2 aliphatic rings. The van der Waals surface area contributed by atoms with Gasteiger partial charge < -0.3 is 10.1 Å². The Balaban J connectivity index is 1.89. The summed E-state index contributed by atoms with van der Waals surface area (Å²) >= 11 is 0. The van der Waals surface area contributed by atoms with E-state index < -0.39 is 6.04 Å². The second-order valence-electron chi connectivity index (χ2n) is 5.11. The van der Waals surface area contributed by atoms with E-state index in [0.29, 0.717) is 19.4 Å². The van der Waals surface area contributed by atoms with Crippen LogP contribution < -0.4 is 5.32 Å². The van der Waals surface area contributed by atoms with Gasteiger partial charge in [-0.05, 0) is 25.7 Å². The maximum absolute atomic E-state index is 12.2. The van der Waals surface area contributed by atoms with Crippen LogP contribution in [0.5, 0.6) is 0 Å². The third-order valence-corrected chi connectivity index (χ3v) is 3.62. The summed E-state index contributed by atoms with van der Waals surface area (Å²) in [7, 11) is 0. The summed E-state index contributed by atoms with van der Waals surface area (Å²) in [4.78, 5) is 36.1. The predicted octanol–water partition coefficient (Wildman–Crippen LogP) is 0.541. The van der Waals surface area contributed by atoms with Crippen molar-refractivity contribution in [2.24, 2.45) is 0 Å². The number of likely N-dealkylation sites (tertiary alicyclic amines) is 1. The number of hydrogen-bond donors (Lipinski definition) is 1. The van der Waals surface area contributed by atoms with Crippen LogP contribution in [0.1, 0.15) is 25.7 Å². The normalized spacial score (nSPS) is 25.5. The molecule has 0 saturated carbocycles. The van der Waals surface area contributed by atoms with E-state index in [1.165, 1.54) is 4.90 Å². The van der Waals surface area contributed by atoms with Crippen molar-refractivity contribution >= 4 is 18.2 Å². The molecule has 2 atom stereocenters. The lowest BCUT2D eigenvalue weighted by Crippen LogP contribution is -2.48. The number of amides is 3. The predicted molar refractivity (Wildman–Crippen MR) is 76.2 cm³/mol. The fraction of sp³-hybridized carbons (Fsp3) is 0.533. The number of nitrogens with zero attached hydrogens (tertiary/aromatic N) is 1. The summed E-state index contributed by atoms with van der Waals surface area (Å²) in [5.74, 6) is -0.685. The van der Waals surface area contributed by atoms with E-state index in [2.05, 4.69) is 5.32 Å². The molecule has 0 bridgehead atoms.